The Kier molecular flexibility index (Phi) is 6.49. The third-order valence-corrected chi connectivity index (χ3v) is 3.50. The molecule has 2 heteroatoms. The van der Waals surface area contributed by atoms with Crippen LogP contribution in [-0.2, 0) is 0 Å². The molecule has 0 saturated carbocycles. The SMILES string of the molecule is CC(C)c1ccc(C(=O)CCCCCBr)cc1. The van der Waals surface area contributed by atoms with Crippen LogP contribution < -0.4 is 0 Å². The molecule has 0 amide bonds. The van der Waals surface area contributed by atoms with Gasteiger partial charge in [-0.1, -0.05) is 60.5 Å². The van der Waals surface area contributed by atoms with Crippen LogP contribution in [0.25, 0.3) is 0 Å². The second kappa shape index (κ2) is 7.65. The van der Waals surface area contributed by atoms with Crippen molar-refractivity contribution in [2.45, 2.75) is 45.4 Å². The van der Waals surface area contributed by atoms with Crippen molar-refractivity contribution in [3.63, 3.8) is 0 Å². The number of unbranched alkanes of at least 4 members (excludes halogenated alkanes) is 2. The Bertz CT molecular complexity index is 340. The Morgan fingerprint density at radius 3 is 2.29 bits per heavy atom. The Balaban J connectivity index is 2.46. The maximum Gasteiger partial charge on any atom is 0.162 e. The van der Waals surface area contributed by atoms with Crippen LogP contribution in [0.3, 0.4) is 0 Å². The molecule has 1 rings (SSSR count). The van der Waals surface area contributed by atoms with E-state index in [9.17, 15) is 4.79 Å². The monoisotopic (exact) mass is 296 g/mol. The molecule has 0 bridgehead atoms. The van der Waals surface area contributed by atoms with Crippen LogP contribution in [0.15, 0.2) is 24.3 Å². The van der Waals surface area contributed by atoms with Crippen molar-refractivity contribution < 1.29 is 4.79 Å². The molecule has 0 radical (unpaired) electrons. The Labute approximate surface area is 113 Å². The highest BCUT2D eigenvalue weighted by molar-refractivity contribution is 9.09. The maximum absolute atomic E-state index is 11.9. The number of Topliss-reactive ketones (excluding diaryl/α,β-unsaturated/α-hetero) is 1. The normalized spacial score (nSPS) is 10.8. The van der Waals surface area contributed by atoms with Gasteiger partial charge in [-0.3, -0.25) is 4.79 Å². The fourth-order valence-corrected chi connectivity index (χ4v) is 2.15. The predicted molar refractivity (Wildman–Crippen MR) is 77.1 cm³/mol. The van der Waals surface area contributed by atoms with E-state index in [-0.39, 0.29) is 5.78 Å². The van der Waals surface area contributed by atoms with Crippen LogP contribution in [0.5, 0.6) is 0 Å². The first kappa shape index (κ1) is 14.4. The summed E-state index contributed by atoms with van der Waals surface area (Å²) in [5, 5.41) is 1.03. The van der Waals surface area contributed by atoms with Gasteiger partial charge in [0, 0.05) is 17.3 Å². The maximum atomic E-state index is 11.9. The Morgan fingerprint density at radius 2 is 1.76 bits per heavy atom. The minimum Gasteiger partial charge on any atom is -0.294 e. The van der Waals surface area contributed by atoms with E-state index in [4.69, 9.17) is 0 Å². The molecule has 0 atom stereocenters. The summed E-state index contributed by atoms with van der Waals surface area (Å²) in [4.78, 5) is 11.9. The fraction of sp³-hybridized carbons (Fsp3) is 0.533. The summed E-state index contributed by atoms with van der Waals surface area (Å²) in [5.41, 5.74) is 2.15. The minimum atomic E-state index is 0.273. The molecule has 1 aromatic carbocycles. The van der Waals surface area contributed by atoms with E-state index in [2.05, 4.69) is 41.9 Å². The lowest BCUT2D eigenvalue weighted by atomic mass is 9.99. The van der Waals surface area contributed by atoms with Crippen molar-refractivity contribution in [1.82, 2.24) is 0 Å². The van der Waals surface area contributed by atoms with Gasteiger partial charge in [-0.05, 0) is 24.3 Å². The smallest absolute Gasteiger partial charge is 0.162 e. The molecule has 0 heterocycles. The van der Waals surface area contributed by atoms with Gasteiger partial charge in [0.25, 0.3) is 0 Å². The zero-order chi connectivity index (χ0) is 12.7. The number of hydrogen-bond donors (Lipinski definition) is 0. The number of hydrogen-bond acceptors (Lipinski definition) is 1. The molecule has 0 aliphatic carbocycles. The van der Waals surface area contributed by atoms with Crippen LogP contribution in [0.4, 0.5) is 0 Å². The summed E-state index contributed by atoms with van der Waals surface area (Å²) in [6.07, 6.45) is 3.95. The van der Waals surface area contributed by atoms with E-state index in [1.807, 2.05) is 12.1 Å². The summed E-state index contributed by atoms with van der Waals surface area (Å²) in [6.45, 7) is 4.33. The molecule has 0 aromatic heterocycles. The zero-order valence-corrected chi connectivity index (χ0v) is 12.3. The van der Waals surface area contributed by atoms with E-state index < -0.39 is 0 Å². The molecule has 0 aliphatic heterocycles. The van der Waals surface area contributed by atoms with E-state index in [0.29, 0.717) is 12.3 Å². The van der Waals surface area contributed by atoms with Gasteiger partial charge < -0.3 is 0 Å². The van der Waals surface area contributed by atoms with Crippen molar-refractivity contribution in [2.75, 3.05) is 5.33 Å². The van der Waals surface area contributed by atoms with Gasteiger partial charge in [-0.25, -0.2) is 0 Å². The molecule has 0 unspecified atom stereocenters. The summed E-state index contributed by atoms with van der Waals surface area (Å²) >= 11 is 3.40. The number of carbonyl (C=O) groups excluding carboxylic acids is 1. The van der Waals surface area contributed by atoms with Crippen molar-refractivity contribution >= 4 is 21.7 Å². The van der Waals surface area contributed by atoms with Crippen LogP contribution >= 0.6 is 15.9 Å². The molecular weight excluding hydrogens is 276 g/mol. The van der Waals surface area contributed by atoms with Gasteiger partial charge in [-0.2, -0.15) is 0 Å². The molecule has 0 N–H and O–H groups in total. The largest absolute Gasteiger partial charge is 0.294 e. The summed E-state index contributed by atoms with van der Waals surface area (Å²) < 4.78 is 0. The average Bonchev–Trinajstić information content (AvgIpc) is 2.34. The molecule has 94 valence electrons. The van der Waals surface area contributed by atoms with Crippen LogP contribution in [-0.4, -0.2) is 11.1 Å². The van der Waals surface area contributed by atoms with Gasteiger partial charge in [0.2, 0.25) is 0 Å². The second-order valence-corrected chi connectivity index (χ2v) is 5.49. The number of ketones is 1. The highest BCUT2D eigenvalue weighted by Gasteiger charge is 2.06. The van der Waals surface area contributed by atoms with E-state index in [1.165, 1.54) is 5.56 Å². The van der Waals surface area contributed by atoms with Crippen molar-refractivity contribution in [3.8, 4) is 0 Å². The Hall–Kier alpha value is -0.630. The molecule has 0 aliphatic rings. The molecule has 1 nitrogen and oxygen atoms in total. The summed E-state index contributed by atoms with van der Waals surface area (Å²) in [6, 6.07) is 8.05. The topological polar surface area (TPSA) is 17.1 Å². The van der Waals surface area contributed by atoms with E-state index in [0.717, 1.165) is 30.2 Å². The van der Waals surface area contributed by atoms with Crippen LogP contribution in [0.1, 0.15) is 61.4 Å². The highest BCUT2D eigenvalue weighted by Crippen LogP contribution is 2.16. The van der Waals surface area contributed by atoms with E-state index in [1.54, 1.807) is 0 Å². The lowest BCUT2D eigenvalue weighted by molar-refractivity contribution is 0.0979. The van der Waals surface area contributed by atoms with Gasteiger partial charge in [0.15, 0.2) is 5.78 Å². The van der Waals surface area contributed by atoms with Crippen molar-refractivity contribution in [3.05, 3.63) is 35.4 Å². The molecule has 0 fully saturated rings. The molecule has 0 saturated heterocycles. The highest BCUT2D eigenvalue weighted by atomic mass is 79.9. The molecule has 0 spiro atoms. The van der Waals surface area contributed by atoms with Gasteiger partial charge in [-0.15, -0.1) is 0 Å². The van der Waals surface area contributed by atoms with Crippen molar-refractivity contribution in [1.29, 1.82) is 0 Å². The Morgan fingerprint density at radius 1 is 1.12 bits per heavy atom. The van der Waals surface area contributed by atoms with Gasteiger partial charge in [0.1, 0.15) is 0 Å². The number of rotatable bonds is 7. The van der Waals surface area contributed by atoms with E-state index >= 15 is 0 Å². The first-order valence-electron chi connectivity index (χ1n) is 6.34. The fourth-order valence-electron chi connectivity index (χ4n) is 1.76. The predicted octanol–water partition coefficient (Wildman–Crippen LogP) is 4.95. The first-order valence-corrected chi connectivity index (χ1v) is 7.46. The minimum absolute atomic E-state index is 0.273. The molecule has 17 heavy (non-hydrogen) atoms. The standard InChI is InChI=1S/C15H21BrO/c1-12(2)13-7-9-14(10-8-13)15(17)6-4-3-5-11-16/h7-10,12H,3-6,11H2,1-2H3. The number of halogens is 1. The van der Waals surface area contributed by atoms with Crippen LogP contribution in [0, 0.1) is 0 Å². The van der Waals surface area contributed by atoms with Crippen molar-refractivity contribution in [2.24, 2.45) is 0 Å². The third-order valence-electron chi connectivity index (χ3n) is 2.94. The second-order valence-electron chi connectivity index (χ2n) is 4.70. The van der Waals surface area contributed by atoms with Crippen LogP contribution in [0.2, 0.25) is 0 Å². The zero-order valence-electron chi connectivity index (χ0n) is 10.7. The average molecular weight is 297 g/mol. The summed E-state index contributed by atoms with van der Waals surface area (Å²) in [7, 11) is 0. The number of carbonyl (C=O) groups is 1. The first-order chi connectivity index (χ1) is 8.15. The van der Waals surface area contributed by atoms with Gasteiger partial charge >= 0.3 is 0 Å². The number of benzene rings is 1. The third kappa shape index (κ3) is 5.03. The lowest BCUT2D eigenvalue weighted by Crippen LogP contribution is -1.99. The molecular formula is C15H21BrO. The lowest BCUT2D eigenvalue weighted by Gasteiger charge is -2.06. The molecule has 1 aromatic rings. The quantitative estimate of drug-likeness (QED) is 0.395. The number of alkyl halides is 1. The summed E-state index contributed by atoms with van der Waals surface area (Å²) in [5.74, 6) is 0.799. The van der Waals surface area contributed by atoms with Gasteiger partial charge in [0.05, 0.1) is 0 Å².